The van der Waals surface area contributed by atoms with Gasteiger partial charge in [0.1, 0.15) is 0 Å². The van der Waals surface area contributed by atoms with Crippen LogP contribution in [0.2, 0.25) is 0 Å². The summed E-state index contributed by atoms with van der Waals surface area (Å²) >= 11 is 0. The zero-order valence-electron chi connectivity index (χ0n) is 14.0. The fraction of sp³-hybridized carbons (Fsp3) is 0.706. The van der Waals surface area contributed by atoms with E-state index in [4.69, 9.17) is 9.84 Å². The van der Waals surface area contributed by atoms with E-state index in [0.717, 1.165) is 51.5 Å². The molecule has 0 saturated carbocycles. The second-order valence-corrected chi connectivity index (χ2v) is 6.16. The van der Waals surface area contributed by atoms with Gasteiger partial charge in [0, 0.05) is 37.9 Å². The van der Waals surface area contributed by atoms with Crippen molar-refractivity contribution in [2.24, 2.45) is 0 Å². The van der Waals surface area contributed by atoms with Crippen LogP contribution in [0.5, 0.6) is 0 Å². The van der Waals surface area contributed by atoms with Crippen LogP contribution in [0.4, 0.5) is 5.69 Å². The highest BCUT2D eigenvalue weighted by Crippen LogP contribution is 2.14. The number of pyridine rings is 1. The Balaban J connectivity index is 0.000000188. The van der Waals surface area contributed by atoms with E-state index in [1.165, 1.54) is 5.69 Å². The largest absolute Gasteiger partial charge is 0.390 e. The highest BCUT2D eigenvalue weighted by molar-refractivity contribution is 5.44. The monoisotopic (exact) mass is 307 g/mol. The molecule has 0 spiro atoms. The molecule has 1 aromatic rings. The summed E-state index contributed by atoms with van der Waals surface area (Å²) in [5.74, 6) is 0. The number of aryl methyl sites for hydroxylation is 1. The first-order valence-corrected chi connectivity index (χ1v) is 8.30. The maximum atomic E-state index is 8.83. The fourth-order valence-electron chi connectivity index (χ4n) is 2.54. The Bertz CT molecular complexity index is 424. The van der Waals surface area contributed by atoms with Gasteiger partial charge >= 0.3 is 0 Å². The zero-order chi connectivity index (χ0) is 15.9. The molecule has 2 fully saturated rings. The third-order valence-electron chi connectivity index (χ3n) is 4.17. The van der Waals surface area contributed by atoms with Crippen LogP contribution in [0.3, 0.4) is 0 Å². The summed E-state index contributed by atoms with van der Waals surface area (Å²) in [6.45, 7) is 11.8. The number of rotatable bonds is 3. The van der Waals surface area contributed by atoms with Gasteiger partial charge in [-0.1, -0.05) is 6.92 Å². The smallest absolute Gasteiger partial charge is 0.0794 e. The number of hydrogen-bond donors (Lipinski definition) is 1. The minimum absolute atomic E-state index is 0.0441. The summed E-state index contributed by atoms with van der Waals surface area (Å²) in [6.07, 6.45) is 2.92. The second-order valence-electron chi connectivity index (χ2n) is 6.16. The van der Waals surface area contributed by atoms with Gasteiger partial charge in [0.2, 0.25) is 0 Å². The van der Waals surface area contributed by atoms with Crippen molar-refractivity contribution < 1.29 is 9.84 Å². The van der Waals surface area contributed by atoms with Crippen LogP contribution in [-0.4, -0.2) is 66.5 Å². The van der Waals surface area contributed by atoms with Crippen molar-refractivity contribution in [2.75, 3.05) is 44.3 Å². The van der Waals surface area contributed by atoms with Gasteiger partial charge in [-0.2, -0.15) is 0 Å². The number of morpholine rings is 1. The first-order valence-electron chi connectivity index (χ1n) is 8.30. The number of aliphatic hydroxyl groups excluding tert-OH is 1. The molecule has 0 amide bonds. The number of β-amino-alcohol motifs (C(OH)–C–C–N with tert-alkyl or cyclic N) is 1. The van der Waals surface area contributed by atoms with Crippen molar-refractivity contribution >= 4 is 5.69 Å². The second kappa shape index (κ2) is 8.46. The van der Waals surface area contributed by atoms with Crippen LogP contribution in [0.1, 0.15) is 26.5 Å². The normalized spacial score (nSPS) is 19.6. The quantitative estimate of drug-likeness (QED) is 0.918. The standard InChI is InChI=1S/C11H16N2O.C6H13NO/c1-2-10-3-4-11(9-12-10)13-5-7-14-8-6-13;1-5(2)7-3-6(8)4-7/h3-4,9H,2,5-8H2,1H3;5-6,8H,3-4H2,1-2H3. The molecule has 0 unspecified atom stereocenters. The molecule has 5 nitrogen and oxygen atoms in total. The molecule has 1 N–H and O–H groups in total. The SMILES string of the molecule is CC(C)N1CC(O)C1.CCc1ccc(N2CCOCC2)cn1. The van der Waals surface area contributed by atoms with Crippen molar-refractivity contribution in [2.45, 2.75) is 39.3 Å². The molecule has 3 rings (SSSR count). The van der Waals surface area contributed by atoms with Gasteiger partial charge in [-0.15, -0.1) is 0 Å². The van der Waals surface area contributed by atoms with E-state index < -0.39 is 0 Å². The average molecular weight is 307 g/mol. The lowest BCUT2D eigenvalue weighted by atomic mass is 10.1. The molecular formula is C17H29N3O2. The summed E-state index contributed by atoms with van der Waals surface area (Å²) in [6, 6.07) is 4.86. The van der Waals surface area contributed by atoms with Gasteiger partial charge in [0.05, 0.1) is 31.2 Å². The first-order chi connectivity index (χ1) is 10.6. The van der Waals surface area contributed by atoms with E-state index in [1.807, 2.05) is 6.20 Å². The van der Waals surface area contributed by atoms with E-state index in [2.05, 4.69) is 47.7 Å². The summed E-state index contributed by atoms with van der Waals surface area (Å²) in [5.41, 5.74) is 2.37. The van der Waals surface area contributed by atoms with E-state index in [9.17, 15) is 0 Å². The molecule has 0 aliphatic carbocycles. The van der Waals surface area contributed by atoms with E-state index in [1.54, 1.807) is 0 Å². The molecule has 2 aliphatic heterocycles. The molecule has 2 aliphatic rings. The van der Waals surface area contributed by atoms with Gasteiger partial charge in [-0.3, -0.25) is 9.88 Å². The van der Waals surface area contributed by atoms with E-state index >= 15 is 0 Å². The topological polar surface area (TPSA) is 48.8 Å². The number of nitrogens with zero attached hydrogens (tertiary/aromatic N) is 3. The Labute approximate surface area is 133 Å². The zero-order valence-corrected chi connectivity index (χ0v) is 14.0. The van der Waals surface area contributed by atoms with Gasteiger partial charge in [-0.05, 0) is 32.4 Å². The van der Waals surface area contributed by atoms with Crippen LogP contribution in [0.15, 0.2) is 18.3 Å². The van der Waals surface area contributed by atoms with Crippen LogP contribution >= 0.6 is 0 Å². The molecule has 5 heteroatoms. The van der Waals surface area contributed by atoms with Gasteiger partial charge < -0.3 is 14.7 Å². The minimum Gasteiger partial charge on any atom is -0.390 e. The lowest BCUT2D eigenvalue weighted by molar-refractivity contribution is -0.0161. The van der Waals surface area contributed by atoms with Gasteiger partial charge in [0.25, 0.3) is 0 Å². The fourth-order valence-corrected chi connectivity index (χ4v) is 2.54. The van der Waals surface area contributed by atoms with Crippen molar-refractivity contribution in [1.82, 2.24) is 9.88 Å². The van der Waals surface area contributed by atoms with Crippen LogP contribution in [0.25, 0.3) is 0 Å². The lowest BCUT2D eigenvalue weighted by Crippen LogP contribution is -2.53. The number of aromatic nitrogens is 1. The van der Waals surface area contributed by atoms with Gasteiger partial charge in [-0.25, -0.2) is 0 Å². The number of anilines is 1. The molecule has 0 radical (unpaired) electrons. The third-order valence-corrected chi connectivity index (χ3v) is 4.17. The summed E-state index contributed by atoms with van der Waals surface area (Å²) in [4.78, 5) is 8.95. The van der Waals surface area contributed by atoms with Crippen LogP contribution in [-0.2, 0) is 11.2 Å². The third kappa shape index (κ3) is 4.93. The molecule has 22 heavy (non-hydrogen) atoms. The minimum atomic E-state index is -0.0441. The Kier molecular flexibility index (Phi) is 6.61. The maximum Gasteiger partial charge on any atom is 0.0794 e. The summed E-state index contributed by atoms with van der Waals surface area (Å²) in [5, 5.41) is 8.83. The molecule has 2 saturated heterocycles. The van der Waals surface area contributed by atoms with Crippen molar-refractivity contribution in [1.29, 1.82) is 0 Å². The molecule has 0 bridgehead atoms. The Morgan fingerprint density at radius 3 is 2.36 bits per heavy atom. The lowest BCUT2D eigenvalue weighted by Gasteiger charge is -2.38. The van der Waals surface area contributed by atoms with Gasteiger partial charge in [0.15, 0.2) is 0 Å². The Morgan fingerprint density at radius 2 is 1.95 bits per heavy atom. The van der Waals surface area contributed by atoms with Crippen molar-refractivity contribution in [3.05, 3.63) is 24.0 Å². The van der Waals surface area contributed by atoms with Crippen LogP contribution < -0.4 is 4.90 Å². The predicted octanol–water partition coefficient (Wildman–Crippen LogP) is 1.55. The van der Waals surface area contributed by atoms with Crippen molar-refractivity contribution in [3.63, 3.8) is 0 Å². The molecule has 124 valence electrons. The van der Waals surface area contributed by atoms with Crippen LogP contribution in [0, 0.1) is 0 Å². The van der Waals surface area contributed by atoms with Crippen molar-refractivity contribution in [3.8, 4) is 0 Å². The average Bonchev–Trinajstić information content (AvgIpc) is 2.53. The Hall–Kier alpha value is -1.17. The molecular weight excluding hydrogens is 278 g/mol. The Morgan fingerprint density at radius 1 is 1.27 bits per heavy atom. The number of likely N-dealkylation sites (tertiary alicyclic amines) is 1. The molecule has 1 aromatic heterocycles. The van der Waals surface area contributed by atoms with E-state index in [0.29, 0.717) is 6.04 Å². The predicted molar refractivity (Wildman–Crippen MR) is 89.4 cm³/mol. The summed E-state index contributed by atoms with van der Waals surface area (Å²) < 4.78 is 5.30. The number of hydrogen-bond acceptors (Lipinski definition) is 5. The van der Waals surface area contributed by atoms with E-state index in [-0.39, 0.29) is 6.10 Å². The molecule has 0 aromatic carbocycles. The summed E-state index contributed by atoms with van der Waals surface area (Å²) in [7, 11) is 0. The molecule has 3 heterocycles. The maximum absolute atomic E-state index is 8.83. The highest BCUT2D eigenvalue weighted by atomic mass is 16.5. The number of aliphatic hydroxyl groups is 1. The molecule has 0 atom stereocenters. The first kappa shape index (κ1) is 17.2. The number of ether oxygens (including phenoxy) is 1. The highest BCUT2D eigenvalue weighted by Gasteiger charge is 2.25.